The first-order valence-electron chi connectivity index (χ1n) is 7.89. The average molecular weight is 312 g/mol. The van der Waals surface area contributed by atoms with E-state index in [4.69, 9.17) is 5.11 Å². The number of amides is 2. The van der Waals surface area contributed by atoms with Gasteiger partial charge >= 0.3 is 11.8 Å². The Balaban J connectivity index is 1.63. The van der Waals surface area contributed by atoms with E-state index in [0.29, 0.717) is 18.0 Å². The fourth-order valence-electron chi connectivity index (χ4n) is 2.75. The van der Waals surface area contributed by atoms with Crippen molar-refractivity contribution in [3.63, 3.8) is 0 Å². The third-order valence-corrected chi connectivity index (χ3v) is 4.16. The lowest BCUT2D eigenvalue weighted by molar-refractivity contribution is -0.136. The van der Waals surface area contributed by atoms with Crippen molar-refractivity contribution in [1.82, 2.24) is 5.32 Å². The number of carbonyl (C=O) groups excluding carboxylic acids is 2. The maximum atomic E-state index is 12.0. The van der Waals surface area contributed by atoms with Crippen molar-refractivity contribution in [2.45, 2.75) is 25.3 Å². The number of nitrogens with one attached hydrogen (secondary N) is 2. The Bertz CT molecular complexity index is 725. The second kappa shape index (κ2) is 6.79. The largest absolute Gasteiger partial charge is 0.396 e. The number of hydrogen-bond acceptors (Lipinski definition) is 3. The van der Waals surface area contributed by atoms with Gasteiger partial charge in [-0.2, -0.15) is 0 Å². The molecular formula is C18H20N2O3. The van der Waals surface area contributed by atoms with E-state index in [0.717, 1.165) is 23.6 Å². The van der Waals surface area contributed by atoms with Gasteiger partial charge < -0.3 is 15.7 Å². The van der Waals surface area contributed by atoms with Gasteiger partial charge in [0.15, 0.2) is 0 Å². The number of aliphatic hydroxyl groups is 1. The molecule has 120 valence electrons. The summed E-state index contributed by atoms with van der Waals surface area (Å²) in [7, 11) is 0. The van der Waals surface area contributed by atoms with Crippen LogP contribution in [-0.2, 0) is 9.59 Å². The third kappa shape index (κ3) is 3.87. The number of rotatable bonds is 5. The molecule has 0 aliphatic heterocycles. The highest BCUT2D eigenvalue weighted by Gasteiger charge is 2.32. The molecule has 2 amide bonds. The third-order valence-electron chi connectivity index (χ3n) is 4.16. The first-order chi connectivity index (χ1) is 11.2. The molecule has 1 saturated carbocycles. The van der Waals surface area contributed by atoms with Gasteiger partial charge in [0.1, 0.15) is 0 Å². The summed E-state index contributed by atoms with van der Waals surface area (Å²) in [6, 6.07) is 13.2. The first kappa shape index (κ1) is 15.5. The van der Waals surface area contributed by atoms with Crippen molar-refractivity contribution in [3.05, 3.63) is 42.5 Å². The molecule has 0 spiro atoms. The Morgan fingerprint density at radius 1 is 1.09 bits per heavy atom. The minimum Gasteiger partial charge on any atom is -0.396 e. The molecule has 0 radical (unpaired) electrons. The predicted octanol–water partition coefficient (Wildman–Crippen LogP) is 2.06. The van der Waals surface area contributed by atoms with Gasteiger partial charge in [-0.25, -0.2) is 0 Å². The quantitative estimate of drug-likeness (QED) is 0.739. The van der Waals surface area contributed by atoms with E-state index in [1.165, 1.54) is 0 Å². The Kier molecular flexibility index (Phi) is 4.57. The number of fused-ring (bicyclic) bond motifs is 1. The molecule has 1 fully saturated rings. The second-order valence-corrected chi connectivity index (χ2v) is 5.95. The highest BCUT2D eigenvalue weighted by Crippen LogP contribution is 2.33. The highest BCUT2D eigenvalue weighted by molar-refractivity contribution is 6.39. The number of hydrogen-bond donors (Lipinski definition) is 3. The maximum absolute atomic E-state index is 12.0. The van der Waals surface area contributed by atoms with Crippen LogP contribution in [0.5, 0.6) is 0 Å². The van der Waals surface area contributed by atoms with Crippen molar-refractivity contribution >= 4 is 28.3 Å². The van der Waals surface area contributed by atoms with Gasteiger partial charge in [-0.15, -0.1) is 0 Å². The zero-order valence-corrected chi connectivity index (χ0v) is 12.8. The molecule has 1 aliphatic carbocycles. The SMILES string of the molecule is O=C(Nc1ccc2ccccc2c1)C(=O)NC(CCO)C1CC1. The van der Waals surface area contributed by atoms with Crippen LogP contribution in [0, 0.1) is 5.92 Å². The fourth-order valence-corrected chi connectivity index (χ4v) is 2.75. The van der Waals surface area contributed by atoms with Gasteiger partial charge in [-0.3, -0.25) is 9.59 Å². The lowest BCUT2D eigenvalue weighted by Crippen LogP contribution is -2.43. The Morgan fingerprint density at radius 2 is 1.83 bits per heavy atom. The van der Waals surface area contributed by atoms with Gasteiger partial charge in [0.25, 0.3) is 0 Å². The van der Waals surface area contributed by atoms with Crippen LogP contribution in [0.3, 0.4) is 0 Å². The fraction of sp³-hybridized carbons (Fsp3) is 0.333. The minimum atomic E-state index is -0.677. The Hall–Kier alpha value is -2.40. The van der Waals surface area contributed by atoms with Crippen LogP contribution in [0.4, 0.5) is 5.69 Å². The molecule has 2 aromatic rings. The summed E-state index contributed by atoms with van der Waals surface area (Å²) in [5.74, 6) is -0.938. The molecule has 5 heteroatoms. The summed E-state index contributed by atoms with van der Waals surface area (Å²) in [4.78, 5) is 24.1. The number of benzene rings is 2. The second-order valence-electron chi connectivity index (χ2n) is 5.95. The molecule has 5 nitrogen and oxygen atoms in total. The summed E-state index contributed by atoms with van der Waals surface area (Å²) in [5.41, 5.74) is 0.592. The molecular weight excluding hydrogens is 292 g/mol. The van der Waals surface area contributed by atoms with Crippen LogP contribution in [0.2, 0.25) is 0 Å². The van der Waals surface area contributed by atoms with Crippen LogP contribution < -0.4 is 10.6 Å². The molecule has 0 aromatic heterocycles. The van der Waals surface area contributed by atoms with Crippen LogP contribution in [0.25, 0.3) is 10.8 Å². The van der Waals surface area contributed by atoms with Crippen molar-refractivity contribution in [1.29, 1.82) is 0 Å². The smallest absolute Gasteiger partial charge is 0.313 e. The standard InChI is InChI=1S/C18H20N2O3/c21-10-9-16(13-5-6-13)20-18(23)17(22)19-15-8-7-12-3-1-2-4-14(12)11-15/h1-4,7-8,11,13,16,21H,5-6,9-10H2,(H,19,22)(H,20,23). The average Bonchev–Trinajstić information content (AvgIpc) is 3.39. The van der Waals surface area contributed by atoms with Gasteiger partial charge in [-0.1, -0.05) is 30.3 Å². The van der Waals surface area contributed by atoms with Crippen LogP contribution >= 0.6 is 0 Å². The lowest BCUT2D eigenvalue weighted by Gasteiger charge is -2.16. The van der Waals surface area contributed by atoms with Crippen LogP contribution in [0.1, 0.15) is 19.3 Å². The van der Waals surface area contributed by atoms with Crippen LogP contribution in [0.15, 0.2) is 42.5 Å². The van der Waals surface area contributed by atoms with Crippen molar-refractivity contribution in [2.24, 2.45) is 5.92 Å². The molecule has 2 aromatic carbocycles. The Morgan fingerprint density at radius 3 is 2.52 bits per heavy atom. The molecule has 1 atom stereocenters. The molecule has 23 heavy (non-hydrogen) atoms. The monoisotopic (exact) mass is 312 g/mol. The number of anilines is 1. The maximum Gasteiger partial charge on any atom is 0.313 e. The van der Waals surface area contributed by atoms with Gasteiger partial charge in [0.05, 0.1) is 0 Å². The molecule has 1 aliphatic rings. The van der Waals surface area contributed by atoms with E-state index in [1.54, 1.807) is 6.07 Å². The van der Waals surface area contributed by atoms with Crippen molar-refractivity contribution < 1.29 is 14.7 Å². The van der Waals surface area contributed by atoms with Gasteiger partial charge in [0, 0.05) is 18.3 Å². The molecule has 1 unspecified atom stereocenters. The van der Waals surface area contributed by atoms with E-state index in [2.05, 4.69) is 10.6 Å². The summed E-state index contributed by atoms with van der Waals surface area (Å²) >= 11 is 0. The molecule has 0 bridgehead atoms. The predicted molar refractivity (Wildman–Crippen MR) is 88.9 cm³/mol. The van der Waals surface area contributed by atoms with Crippen molar-refractivity contribution in [2.75, 3.05) is 11.9 Å². The summed E-state index contributed by atoms with van der Waals surface area (Å²) in [6.45, 7) is 0.00768. The molecule has 3 rings (SSSR count). The normalized spacial score (nSPS) is 15.2. The summed E-state index contributed by atoms with van der Waals surface area (Å²) in [5, 5.41) is 16.5. The lowest BCUT2D eigenvalue weighted by atomic mass is 10.1. The minimum absolute atomic E-state index is 0.00768. The zero-order valence-electron chi connectivity index (χ0n) is 12.8. The van der Waals surface area contributed by atoms with Gasteiger partial charge in [-0.05, 0) is 48.1 Å². The molecule has 3 N–H and O–H groups in total. The number of carbonyl (C=O) groups is 2. The topological polar surface area (TPSA) is 78.4 Å². The van der Waals surface area contributed by atoms with E-state index in [9.17, 15) is 9.59 Å². The summed E-state index contributed by atoms with van der Waals surface area (Å²) in [6.07, 6.45) is 2.56. The van der Waals surface area contributed by atoms with E-state index >= 15 is 0 Å². The zero-order chi connectivity index (χ0) is 16.2. The number of aliphatic hydroxyl groups excluding tert-OH is 1. The van der Waals surface area contributed by atoms with E-state index < -0.39 is 11.8 Å². The first-order valence-corrected chi connectivity index (χ1v) is 7.89. The van der Waals surface area contributed by atoms with Crippen LogP contribution in [-0.4, -0.2) is 29.6 Å². The molecule has 0 saturated heterocycles. The van der Waals surface area contributed by atoms with E-state index in [1.807, 2.05) is 36.4 Å². The van der Waals surface area contributed by atoms with E-state index in [-0.39, 0.29) is 12.6 Å². The van der Waals surface area contributed by atoms with Gasteiger partial charge in [0.2, 0.25) is 0 Å². The molecule has 0 heterocycles. The Labute approximate surface area is 134 Å². The highest BCUT2D eigenvalue weighted by atomic mass is 16.3. The van der Waals surface area contributed by atoms with Crippen molar-refractivity contribution in [3.8, 4) is 0 Å². The summed E-state index contributed by atoms with van der Waals surface area (Å²) < 4.78 is 0.